The summed E-state index contributed by atoms with van der Waals surface area (Å²) in [5.74, 6) is 0.767. The van der Waals surface area contributed by atoms with E-state index in [9.17, 15) is 9.59 Å². The first-order valence-electron chi connectivity index (χ1n) is 15.7. The second-order valence-corrected chi connectivity index (χ2v) is 12.2. The summed E-state index contributed by atoms with van der Waals surface area (Å²) in [4.78, 5) is 34.4. The van der Waals surface area contributed by atoms with Gasteiger partial charge in [-0.1, -0.05) is 90.0 Å². The Morgan fingerprint density at radius 2 is 1.28 bits per heavy atom. The van der Waals surface area contributed by atoms with Crippen LogP contribution in [0.4, 0.5) is 22.7 Å². The molecule has 0 saturated heterocycles. The van der Waals surface area contributed by atoms with E-state index in [0.29, 0.717) is 46.2 Å². The minimum Gasteiger partial charge on any atom is -0.453 e. The van der Waals surface area contributed by atoms with Crippen molar-refractivity contribution in [3.8, 4) is 11.5 Å². The predicted octanol–water partition coefficient (Wildman–Crippen LogP) is 9.45. The molecule has 0 unspecified atom stereocenters. The predicted molar refractivity (Wildman–Crippen MR) is 191 cm³/mol. The molecular formula is C41H35N3O3. The van der Waals surface area contributed by atoms with Crippen molar-refractivity contribution in [3.05, 3.63) is 155 Å². The number of hydrogen-bond acceptors (Lipinski definition) is 4. The molecule has 232 valence electrons. The molecule has 1 heterocycles. The largest absolute Gasteiger partial charge is 0.453 e. The standard InChI is InChI=1S/C41H35N3O3/c1-27-14-18-30(19-15-27)40(45)43(26-29-10-6-5-7-11-29)36-25-38-39(34-13-9-8-12-33(34)36)44(41(46)31-20-16-28(2)17-21-31)35-23-22-32(42(3)4)24-37(35)47-38/h5-25H,26H2,1-4H3. The lowest BCUT2D eigenvalue weighted by atomic mass is 10.00. The maximum Gasteiger partial charge on any atom is 0.263 e. The lowest BCUT2D eigenvalue weighted by molar-refractivity contribution is 0.0981. The van der Waals surface area contributed by atoms with Gasteiger partial charge in [-0.3, -0.25) is 14.5 Å². The molecule has 2 amide bonds. The SMILES string of the molecule is Cc1ccc(C(=O)N(Cc2ccccc2)c2cc3c(c4ccccc24)N(C(=O)c2ccc(C)cc2)c2ccc(N(C)C)cc2O3)cc1. The van der Waals surface area contributed by atoms with Crippen molar-refractivity contribution in [1.82, 2.24) is 0 Å². The maximum atomic E-state index is 14.5. The van der Waals surface area contributed by atoms with Crippen molar-refractivity contribution in [2.45, 2.75) is 20.4 Å². The summed E-state index contributed by atoms with van der Waals surface area (Å²) in [6.45, 7) is 4.36. The number of nitrogens with zero attached hydrogens (tertiary/aromatic N) is 3. The van der Waals surface area contributed by atoms with Crippen molar-refractivity contribution >= 4 is 45.3 Å². The number of rotatable bonds is 6. The van der Waals surface area contributed by atoms with Crippen molar-refractivity contribution < 1.29 is 14.3 Å². The van der Waals surface area contributed by atoms with Crippen LogP contribution in [0.25, 0.3) is 10.8 Å². The molecule has 0 aliphatic carbocycles. The van der Waals surface area contributed by atoms with Crippen molar-refractivity contribution in [1.29, 1.82) is 0 Å². The fourth-order valence-electron chi connectivity index (χ4n) is 6.05. The lowest BCUT2D eigenvalue weighted by Gasteiger charge is -2.35. The van der Waals surface area contributed by atoms with Crippen LogP contribution in [0.5, 0.6) is 11.5 Å². The van der Waals surface area contributed by atoms with Crippen LogP contribution >= 0.6 is 0 Å². The van der Waals surface area contributed by atoms with Gasteiger partial charge in [-0.25, -0.2) is 0 Å². The van der Waals surface area contributed by atoms with Crippen molar-refractivity contribution in [2.75, 3.05) is 28.8 Å². The van der Waals surface area contributed by atoms with Crippen molar-refractivity contribution in [3.63, 3.8) is 0 Å². The highest BCUT2D eigenvalue weighted by atomic mass is 16.5. The molecule has 0 radical (unpaired) electrons. The summed E-state index contributed by atoms with van der Waals surface area (Å²) in [6, 6.07) is 40.9. The van der Waals surface area contributed by atoms with Crippen molar-refractivity contribution in [2.24, 2.45) is 0 Å². The van der Waals surface area contributed by atoms with Crippen LogP contribution in [0.2, 0.25) is 0 Å². The van der Waals surface area contributed by atoms with Crippen LogP contribution in [-0.4, -0.2) is 25.9 Å². The van der Waals surface area contributed by atoms with E-state index in [1.165, 1.54) is 0 Å². The average molecular weight is 618 g/mol. The van der Waals surface area contributed by atoms with Gasteiger partial charge in [0.1, 0.15) is 5.69 Å². The molecule has 6 heteroatoms. The molecule has 0 spiro atoms. The zero-order valence-corrected chi connectivity index (χ0v) is 26.9. The summed E-state index contributed by atoms with van der Waals surface area (Å²) in [5, 5.41) is 1.64. The molecule has 6 nitrogen and oxygen atoms in total. The van der Waals surface area contributed by atoms with E-state index >= 15 is 0 Å². The summed E-state index contributed by atoms with van der Waals surface area (Å²) in [5.41, 5.74) is 7.24. The molecule has 0 aromatic heterocycles. The normalized spacial score (nSPS) is 11.8. The van der Waals surface area contributed by atoms with Gasteiger partial charge in [0.2, 0.25) is 0 Å². The van der Waals surface area contributed by atoms with Crippen LogP contribution < -0.4 is 19.4 Å². The second-order valence-electron chi connectivity index (χ2n) is 12.2. The summed E-state index contributed by atoms with van der Waals surface area (Å²) < 4.78 is 6.70. The van der Waals surface area contributed by atoms with Gasteiger partial charge in [-0.2, -0.15) is 0 Å². The highest BCUT2D eigenvalue weighted by Gasteiger charge is 2.34. The number of benzene rings is 6. The summed E-state index contributed by atoms with van der Waals surface area (Å²) in [6.07, 6.45) is 0. The Morgan fingerprint density at radius 1 is 0.660 bits per heavy atom. The Hall–Kier alpha value is -5.88. The van der Waals surface area contributed by atoms with Crippen LogP contribution in [0.3, 0.4) is 0 Å². The van der Waals surface area contributed by atoms with Gasteiger partial charge in [0, 0.05) is 53.8 Å². The van der Waals surface area contributed by atoms with Crippen LogP contribution in [-0.2, 0) is 6.54 Å². The molecule has 0 atom stereocenters. The first-order chi connectivity index (χ1) is 22.8. The van der Waals surface area contributed by atoms with E-state index < -0.39 is 0 Å². The fraction of sp³-hybridized carbons (Fsp3) is 0.122. The molecule has 0 saturated carbocycles. The van der Waals surface area contributed by atoms with E-state index in [0.717, 1.165) is 33.2 Å². The van der Waals surface area contributed by atoms with Gasteiger partial charge >= 0.3 is 0 Å². The van der Waals surface area contributed by atoms with Crippen LogP contribution in [0.15, 0.2) is 127 Å². The zero-order chi connectivity index (χ0) is 32.7. The lowest BCUT2D eigenvalue weighted by Crippen LogP contribution is -2.32. The van der Waals surface area contributed by atoms with Gasteiger partial charge in [-0.15, -0.1) is 0 Å². The monoisotopic (exact) mass is 617 g/mol. The Balaban J connectivity index is 1.46. The minimum absolute atomic E-state index is 0.127. The Morgan fingerprint density at radius 3 is 1.94 bits per heavy atom. The van der Waals surface area contributed by atoms with Gasteiger partial charge < -0.3 is 14.5 Å². The van der Waals surface area contributed by atoms with Gasteiger partial charge in [0.15, 0.2) is 11.5 Å². The molecule has 47 heavy (non-hydrogen) atoms. The van der Waals surface area contributed by atoms with Crippen LogP contribution in [0, 0.1) is 13.8 Å². The molecule has 7 rings (SSSR count). The number of fused-ring (bicyclic) bond motifs is 4. The molecule has 6 aromatic carbocycles. The molecule has 1 aliphatic heterocycles. The Kier molecular flexibility index (Phi) is 7.70. The number of carbonyl (C=O) groups excluding carboxylic acids is 2. The second kappa shape index (κ2) is 12.1. The first kappa shape index (κ1) is 29.8. The minimum atomic E-state index is -0.164. The molecule has 0 fully saturated rings. The van der Waals surface area contributed by atoms with E-state index in [1.807, 2.05) is 165 Å². The highest BCUT2D eigenvalue weighted by molar-refractivity contribution is 6.21. The zero-order valence-electron chi connectivity index (χ0n) is 26.9. The molecular weight excluding hydrogens is 582 g/mol. The van der Waals surface area contributed by atoms with Gasteiger partial charge in [-0.05, 0) is 55.8 Å². The smallest absolute Gasteiger partial charge is 0.263 e. The fourth-order valence-corrected chi connectivity index (χ4v) is 6.05. The average Bonchev–Trinajstić information content (AvgIpc) is 3.09. The van der Waals surface area contributed by atoms with E-state index in [4.69, 9.17) is 4.74 Å². The Bertz CT molecular complexity index is 2120. The quantitative estimate of drug-likeness (QED) is 0.187. The molecule has 1 aliphatic rings. The molecule has 0 bridgehead atoms. The van der Waals surface area contributed by atoms with E-state index in [2.05, 4.69) is 0 Å². The third kappa shape index (κ3) is 5.59. The number of hydrogen-bond donors (Lipinski definition) is 0. The molecule has 0 N–H and O–H groups in total. The summed E-state index contributed by atoms with van der Waals surface area (Å²) in [7, 11) is 3.94. The third-order valence-corrected chi connectivity index (χ3v) is 8.62. The Labute approximate surface area is 275 Å². The number of ether oxygens (including phenoxy) is 1. The first-order valence-corrected chi connectivity index (χ1v) is 15.7. The topological polar surface area (TPSA) is 53.1 Å². The van der Waals surface area contributed by atoms with Gasteiger partial charge in [0.05, 0.1) is 17.9 Å². The number of aryl methyl sites for hydroxylation is 2. The number of carbonyl (C=O) groups is 2. The highest BCUT2D eigenvalue weighted by Crippen LogP contribution is 2.53. The summed E-state index contributed by atoms with van der Waals surface area (Å²) >= 11 is 0. The van der Waals surface area contributed by atoms with E-state index in [1.54, 1.807) is 4.90 Å². The van der Waals surface area contributed by atoms with Gasteiger partial charge in [0.25, 0.3) is 11.8 Å². The number of amides is 2. The van der Waals surface area contributed by atoms with E-state index in [-0.39, 0.29) is 11.8 Å². The third-order valence-electron chi connectivity index (χ3n) is 8.62. The molecule has 6 aromatic rings. The number of anilines is 4. The van der Waals surface area contributed by atoms with Crippen LogP contribution in [0.1, 0.15) is 37.4 Å². The maximum absolute atomic E-state index is 14.5.